The van der Waals surface area contributed by atoms with Crippen LogP contribution in [0.25, 0.3) is 0 Å². The SMILES string of the molecule is COCCCC[C@@H](Cc1nn[nH]n1)C(=O)O.Cc1ccccc1. The number of aromatic amines is 1. The summed E-state index contributed by atoms with van der Waals surface area (Å²) in [6, 6.07) is 10.3. The van der Waals surface area contributed by atoms with Crippen LogP contribution in [0.2, 0.25) is 0 Å². The highest BCUT2D eigenvalue weighted by molar-refractivity contribution is 5.70. The van der Waals surface area contributed by atoms with E-state index >= 15 is 0 Å². The first-order chi connectivity index (χ1) is 11.1. The highest BCUT2D eigenvalue weighted by Gasteiger charge is 2.19. The number of carbonyl (C=O) groups is 1. The molecule has 0 bridgehead atoms. The molecule has 0 fully saturated rings. The van der Waals surface area contributed by atoms with Gasteiger partial charge in [-0.3, -0.25) is 4.79 Å². The largest absolute Gasteiger partial charge is 0.481 e. The molecule has 0 aliphatic carbocycles. The molecule has 1 atom stereocenters. The second-order valence-electron chi connectivity index (χ2n) is 5.21. The van der Waals surface area contributed by atoms with Crippen LogP contribution in [0.15, 0.2) is 30.3 Å². The van der Waals surface area contributed by atoms with Gasteiger partial charge in [0, 0.05) is 20.1 Å². The fraction of sp³-hybridized carbons (Fsp3) is 0.500. The van der Waals surface area contributed by atoms with E-state index in [1.54, 1.807) is 7.11 Å². The quantitative estimate of drug-likeness (QED) is 0.723. The molecule has 0 amide bonds. The second kappa shape index (κ2) is 11.3. The first-order valence-electron chi connectivity index (χ1n) is 7.59. The minimum Gasteiger partial charge on any atom is -0.481 e. The van der Waals surface area contributed by atoms with Crippen LogP contribution in [-0.2, 0) is 16.0 Å². The van der Waals surface area contributed by atoms with E-state index in [-0.39, 0.29) is 0 Å². The van der Waals surface area contributed by atoms with E-state index in [2.05, 4.69) is 39.7 Å². The fourth-order valence-corrected chi connectivity index (χ4v) is 1.97. The van der Waals surface area contributed by atoms with E-state index in [0.717, 1.165) is 12.8 Å². The standard InChI is InChI=1S/C9H16N4O3.C7H8/c1-16-5-3-2-4-7(9(14)15)6-8-10-12-13-11-8;1-7-5-3-2-4-6-7/h7H,2-6H2,1H3,(H,14,15)(H,10,11,12,13);2-6H,1H3/t7-;/m0./s1. The Morgan fingerprint density at radius 2 is 2.04 bits per heavy atom. The lowest BCUT2D eigenvalue weighted by Crippen LogP contribution is -2.17. The third-order valence-corrected chi connectivity index (χ3v) is 3.26. The van der Waals surface area contributed by atoms with Gasteiger partial charge in [0.2, 0.25) is 0 Å². The summed E-state index contributed by atoms with van der Waals surface area (Å²) in [4.78, 5) is 11.0. The van der Waals surface area contributed by atoms with Crippen molar-refractivity contribution in [1.82, 2.24) is 20.6 Å². The number of carboxylic acids is 1. The van der Waals surface area contributed by atoms with Crippen LogP contribution < -0.4 is 0 Å². The van der Waals surface area contributed by atoms with Crippen molar-refractivity contribution in [1.29, 1.82) is 0 Å². The molecular weight excluding hydrogens is 296 g/mol. The maximum absolute atomic E-state index is 11.0. The topological polar surface area (TPSA) is 101 Å². The first kappa shape index (κ1) is 18.8. The van der Waals surface area contributed by atoms with E-state index < -0.39 is 11.9 Å². The van der Waals surface area contributed by atoms with Crippen molar-refractivity contribution in [2.24, 2.45) is 5.92 Å². The second-order valence-corrected chi connectivity index (χ2v) is 5.21. The van der Waals surface area contributed by atoms with Gasteiger partial charge in [0.05, 0.1) is 5.92 Å². The van der Waals surface area contributed by atoms with Crippen LogP contribution in [0, 0.1) is 12.8 Å². The van der Waals surface area contributed by atoms with Gasteiger partial charge >= 0.3 is 5.97 Å². The summed E-state index contributed by atoms with van der Waals surface area (Å²) in [6.07, 6.45) is 2.61. The fourth-order valence-electron chi connectivity index (χ4n) is 1.97. The molecule has 0 aliphatic rings. The van der Waals surface area contributed by atoms with E-state index in [4.69, 9.17) is 9.84 Å². The van der Waals surface area contributed by atoms with E-state index in [0.29, 0.717) is 25.3 Å². The number of aromatic nitrogens is 4. The number of H-pyrrole nitrogens is 1. The van der Waals surface area contributed by atoms with E-state index in [9.17, 15) is 4.79 Å². The monoisotopic (exact) mass is 320 g/mol. The Hall–Kier alpha value is -2.28. The summed E-state index contributed by atoms with van der Waals surface area (Å²) in [5.41, 5.74) is 1.32. The van der Waals surface area contributed by atoms with E-state index in [1.807, 2.05) is 18.2 Å². The molecule has 0 saturated carbocycles. The summed E-state index contributed by atoms with van der Waals surface area (Å²) < 4.78 is 4.90. The average molecular weight is 320 g/mol. The van der Waals surface area contributed by atoms with Crippen LogP contribution in [0.1, 0.15) is 30.7 Å². The lowest BCUT2D eigenvalue weighted by molar-refractivity contribution is -0.142. The third kappa shape index (κ3) is 8.67. The molecule has 7 nitrogen and oxygen atoms in total. The van der Waals surface area contributed by atoms with Crippen molar-refractivity contribution in [3.8, 4) is 0 Å². The smallest absolute Gasteiger partial charge is 0.306 e. The van der Waals surface area contributed by atoms with E-state index in [1.165, 1.54) is 5.56 Å². The molecule has 0 aliphatic heterocycles. The zero-order valence-corrected chi connectivity index (χ0v) is 13.6. The number of nitrogens with zero attached hydrogens (tertiary/aromatic N) is 3. The van der Waals surface area contributed by atoms with Crippen molar-refractivity contribution in [2.75, 3.05) is 13.7 Å². The van der Waals surface area contributed by atoms with Crippen molar-refractivity contribution in [2.45, 2.75) is 32.6 Å². The Morgan fingerprint density at radius 3 is 2.52 bits per heavy atom. The first-order valence-corrected chi connectivity index (χ1v) is 7.59. The number of hydrogen-bond donors (Lipinski definition) is 2. The molecule has 126 valence electrons. The summed E-state index contributed by atoms with van der Waals surface area (Å²) >= 11 is 0. The molecule has 0 unspecified atom stereocenters. The van der Waals surface area contributed by atoms with Gasteiger partial charge in [-0.1, -0.05) is 47.5 Å². The molecule has 1 aromatic heterocycles. The molecule has 1 heterocycles. The van der Waals surface area contributed by atoms with Gasteiger partial charge in [-0.15, -0.1) is 10.2 Å². The van der Waals surface area contributed by atoms with Crippen LogP contribution in [-0.4, -0.2) is 45.4 Å². The number of rotatable bonds is 8. The van der Waals surface area contributed by atoms with Gasteiger partial charge in [-0.25, -0.2) is 0 Å². The summed E-state index contributed by atoms with van der Waals surface area (Å²) in [6.45, 7) is 2.74. The molecule has 1 aromatic carbocycles. The summed E-state index contributed by atoms with van der Waals surface area (Å²) in [7, 11) is 1.63. The van der Waals surface area contributed by atoms with Gasteiger partial charge in [0.15, 0.2) is 5.82 Å². The number of nitrogens with one attached hydrogen (secondary N) is 1. The van der Waals surface area contributed by atoms with Crippen molar-refractivity contribution in [3.63, 3.8) is 0 Å². The third-order valence-electron chi connectivity index (χ3n) is 3.26. The number of unbranched alkanes of at least 4 members (excludes halogenated alkanes) is 1. The summed E-state index contributed by atoms with van der Waals surface area (Å²) in [5, 5.41) is 22.2. The minimum absolute atomic E-state index is 0.318. The van der Waals surface area contributed by atoms with Gasteiger partial charge in [-0.05, 0) is 19.8 Å². The van der Waals surface area contributed by atoms with Crippen LogP contribution in [0.4, 0.5) is 0 Å². The molecule has 0 radical (unpaired) electrons. The van der Waals surface area contributed by atoms with Crippen molar-refractivity contribution >= 4 is 5.97 Å². The lowest BCUT2D eigenvalue weighted by Gasteiger charge is -2.09. The Bertz CT molecular complexity index is 532. The molecule has 0 saturated heterocycles. The molecule has 0 spiro atoms. The number of aliphatic carboxylic acids is 1. The molecule has 2 N–H and O–H groups in total. The zero-order valence-electron chi connectivity index (χ0n) is 13.6. The lowest BCUT2D eigenvalue weighted by atomic mass is 9.98. The Balaban J connectivity index is 0.000000313. The molecule has 2 aromatic rings. The highest BCUT2D eigenvalue weighted by atomic mass is 16.5. The van der Waals surface area contributed by atoms with Crippen LogP contribution in [0.5, 0.6) is 0 Å². The average Bonchev–Trinajstić information content (AvgIpc) is 3.04. The minimum atomic E-state index is -0.817. The Kier molecular flexibility index (Phi) is 9.23. The van der Waals surface area contributed by atoms with Gasteiger partial charge in [0.25, 0.3) is 0 Å². The molecular formula is C16H24N4O3. The Labute approximate surface area is 136 Å². The predicted molar refractivity (Wildman–Crippen MR) is 85.9 cm³/mol. The van der Waals surface area contributed by atoms with Crippen LogP contribution >= 0.6 is 0 Å². The molecule has 7 heteroatoms. The maximum Gasteiger partial charge on any atom is 0.306 e. The number of methoxy groups -OCH3 is 1. The van der Waals surface area contributed by atoms with Gasteiger partial charge in [0.1, 0.15) is 0 Å². The number of hydrogen-bond acceptors (Lipinski definition) is 5. The highest BCUT2D eigenvalue weighted by Crippen LogP contribution is 2.13. The van der Waals surface area contributed by atoms with Gasteiger partial charge < -0.3 is 9.84 Å². The number of carboxylic acid groups (broad SMARTS) is 1. The normalized spacial score (nSPS) is 11.4. The predicted octanol–water partition coefficient (Wildman–Crippen LogP) is 2.25. The number of tetrazole rings is 1. The summed E-state index contributed by atoms with van der Waals surface area (Å²) in [5.74, 6) is -0.823. The van der Waals surface area contributed by atoms with Gasteiger partial charge in [-0.2, -0.15) is 5.21 Å². The number of ether oxygens (including phenoxy) is 1. The Morgan fingerprint density at radius 1 is 1.30 bits per heavy atom. The molecule has 23 heavy (non-hydrogen) atoms. The molecule has 2 rings (SSSR count). The zero-order chi connectivity index (χ0) is 16.9. The maximum atomic E-state index is 11.0. The van der Waals surface area contributed by atoms with Crippen LogP contribution in [0.3, 0.4) is 0 Å². The number of benzene rings is 1. The van der Waals surface area contributed by atoms with Crippen molar-refractivity contribution < 1.29 is 14.6 Å². The number of aryl methyl sites for hydroxylation is 1. The van der Waals surface area contributed by atoms with Crippen molar-refractivity contribution in [3.05, 3.63) is 41.7 Å².